The van der Waals surface area contributed by atoms with Gasteiger partial charge in [0.05, 0.1) is 32.3 Å². The molecule has 0 radical (unpaired) electrons. The lowest BCUT2D eigenvalue weighted by Gasteiger charge is -2.36. The smallest absolute Gasteiger partial charge is 0.222 e. The van der Waals surface area contributed by atoms with Crippen LogP contribution in [0.25, 0.3) is 0 Å². The summed E-state index contributed by atoms with van der Waals surface area (Å²) in [6.45, 7) is 2.04. The van der Waals surface area contributed by atoms with Crippen molar-refractivity contribution in [1.82, 2.24) is 10.6 Å². The lowest BCUT2D eigenvalue weighted by atomic mass is 9.96. The van der Waals surface area contributed by atoms with E-state index in [9.17, 15) is 14.7 Å². The molecule has 1 aromatic carbocycles. The molecule has 1 saturated heterocycles. The summed E-state index contributed by atoms with van der Waals surface area (Å²) in [6, 6.07) is 7.30. The fraction of sp³-hybridized carbons (Fsp3) is 0.579. The van der Waals surface area contributed by atoms with E-state index in [0.29, 0.717) is 25.8 Å². The van der Waals surface area contributed by atoms with Crippen LogP contribution < -0.4 is 15.4 Å². The first-order valence-electron chi connectivity index (χ1n) is 9.01. The Bertz CT molecular complexity index is 590. The Morgan fingerprint density at radius 2 is 1.96 bits per heavy atom. The van der Waals surface area contributed by atoms with E-state index in [4.69, 9.17) is 9.47 Å². The largest absolute Gasteiger partial charge is 0.497 e. The predicted molar refractivity (Wildman–Crippen MR) is 96.7 cm³/mol. The molecule has 1 fully saturated rings. The summed E-state index contributed by atoms with van der Waals surface area (Å²) < 4.78 is 10.9. The highest BCUT2D eigenvalue weighted by molar-refractivity contribution is 5.76. The average Bonchev–Trinajstić information content (AvgIpc) is 2.67. The second kappa shape index (κ2) is 10.1. The van der Waals surface area contributed by atoms with E-state index < -0.39 is 6.10 Å². The Morgan fingerprint density at radius 3 is 2.58 bits per heavy atom. The summed E-state index contributed by atoms with van der Waals surface area (Å²) in [5, 5.41) is 15.2. The third-order valence-corrected chi connectivity index (χ3v) is 4.52. The van der Waals surface area contributed by atoms with E-state index in [0.717, 1.165) is 11.3 Å². The van der Waals surface area contributed by atoms with E-state index in [2.05, 4.69) is 10.6 Å². The lowest BCUT2D eigenvalue weighted by molar-refractivity contribution is -0.135. The number of rotatable bonds is 8. The molecule has 0 aromatic heterocycles. The Hall–Kier alpha value is -2.12. The summed E-state index contributed by atoms with van der Waals surface area (Å²) in [6.07, 6.45) is 1.26. The maximum Gasteiger partial charge on any atom is 0.222 e. The molecule has 1 aliphatic heterocycles. The van der Waals surface area contributed by atoms with Crippen LogP contribution in [0.3, 0.4) is 0 Å². The maximum atomic E-state index is 12.2. The Balaban J connectivity index is 1.77. The van der Waals surface area contributed by atoms with Crippen molar-refractivity contribution < 1.29 is 24.2 Å². The summed E-state index contributed by atoms with van der Waals surface area (Å²) in [5.74, 6) is 0.613. The topological polar surface area (TPSA) is 96.9 Å². The number of nitrogens with one attached hydrogen (secondary N) is 2. The predicted octanol–water partition coefficient (Wildman–Crippen LogP) is 1.14. The number of carbonyl (C=O) groups excluding carboxylic acids is 2. The summed E-state index contributed by atoms with van der Waals surface area (Å²) in [5.41, 5.74) is 0.985. The summed E-state index contributed by atoms with van der Waals surface area (Å²) in [7, 11) is 1.61. The molecule has 1 heterocycles. The zero-order chi connectivity index (χ0) is 18.9. The second-order valence-corrected chi connectivity index (χ2v) is 6.41. The van der Waals surface area contributed by atoms with Crippen molar-refractivity contribution in [2.24, 2.45) is 0 Å². The number of hydrogen-bond acceptors (Lipinski definition) is 5. The Labute approximate surface area is 154 Å². The molecule has 3 atom stereocenters. The first-order chi connectivity index (χ1) is 12.5. The molecule has 0 unspecified atom stereocenters. The van der Waals surface area contributed by atoms with E-state index in [1.54, 1.807) is 14.0 Å². The van der Waals surface area contributed by atoms with Gasteiger partial charge in [-0.25, -0.2) is 0 Å². The van der Waals surface area contributed by atoms with Crippen molar-refractivity contribution in [1.29, 1.82) is 0 Å². The van der Waals surface area contributed by atoms with Crippen LogP contribution in [0.4, 0.5) is 0 Å². The third kappa shape index (κ3) is 6.00. The van der Waals surface area contributed by atoms with Crippen molar-refractivity contribution in [3.63, 3.8) is 0 Å². The molecule has 7 nitrogen and oxygen atoms in total. The van der Waals surface area contributed by atoms with Gasteiger partial charge in [0, 0.05) is 13.0 Å². The molecule has 0 saturated carbocycles. The van der Waals surface area contributed by atoms with Gasteiger partial charge in [0.25, 0.3) is 0 Å². The van der Waals surface area contributed by atoms with Gasteiger partial charge in [0.15, 0.2) is 0 Å². The highest BCUT2D eigenvalue weighted by Crippen LogP contribution is 2.22. The van der Waals surface area contributed by atoms with Crippen molar-refractivity contribution in [2.75, 3.05) is 13.7 Å². The number of aliphatic hydroxyl groups is 1. The van der Waals surface area contributed by atoms with Crippen LogP contribution >= 0.6 is 0 Å². The minimum absolute atomic E-state index is 0.0623. The second-order valence-electron chi connectivity index (χ2n) is 6.41. The number of carbonyl (C=O) groups is 2. The molecule has 7 heteroatoms. The van der Waals surface area contributed by atoms with Gasteiger partial charge in [-0.3, -0.25) is 9.59 Å². The van der Waals surface area contributed by atoms with Crippen LogP contribution in [0.5, 0.6) is 5.75 Å². The van der Waals surface area contributed by atoms with Gasteiger partial charge in [0.2, 0.25) is 11.8 Å². The molecular weight excluding hydrogens is 336 g/mol. The minimum atomic E-state index is -0.473. The molecule has 26 heavy (non-hydrogen) atoms. The number of benzene rings is 1. The molecule has 3 N–H and O–H groups in total. The zero-order valence-electron chi connectivity index (χ0n) is 15.4. The van der Waals surface area contributed by atoms with Gasteiger partial charge >= 0.3 is 0 Å². The third-order valence-electron chi connectivity index (χ3n) is 4.52. The molecule has 1 aromatic rings. The molecule has 2 amide bonds. The van der Waals surface area contributed by atoms with Crippen molar-refractivity contribution >= 4 is 11.8 Å². The number of ether oxygens (including phenoxy) is 2. The van der Waals surface area contributed by atoms with Gasteiger partial charge in [-0.05, 0) is 30.5 Å². The Kier molecular flexibility index (Phi) is 7.87. The van der Waals surface area contributed by atoms with Gasteiger partial charge in [-0.1, -0.05) is 19.1 Å². The van der Waals surface area contributed by atoms with Crippen molar-refractivity contribution in [3.8, 4) is 5.75 Å². The quantitative estimate of drug-likeness (QED) is 0.643. The first kappa shape index (κ1) is 20.2. The van der Waals surface area contributed by atoms with E-state index >= 15 is 0 Å². The molecule has 1 aliphatic rings. The summed E-state index contributed by atoms with van der Waals surface area (Å²) in [4.78, 5) is 23.7. The van der Waals surface area contributed by atoms with E-state index in [-0.39, 0.29) is 37.0 Å². The first-order valence-corrected chi connectivity index (χ1v) is 9.01. The number of hydrogen-bond donors (Lipinski definition) is 3. The van der Waals surface area contributed by atoms with Crippen LogP contribution in [0.1, 0.15) is 38.2 Å². The lowest BCUT2D eigenvalue weighted by Crippen LogP contribution is -2.51. The molecule has 2 rings (SSSR count). The van der Waals surface area contributed by atoms with Crippen LogP contribution in [-0.2, 0) is 20.9 Å². The minimum Gasteiger partial charge on any atom is -0.497 e. The van der Waals surface area contributed by atoms with Crippen LogP contribution in [-0.4, -0.2) is 48.9 Å². The normalized spacial score (nSPS) is 22.5. The standard InChI is InChI=1S/C19H28N2O5/c1-3-18(23)21-16-9-8-15(26-17(16)12-22)10-19(24)20-11-13-4-6-14(25-2)7-5-13/h4-7,15-17,22H,3,8-12H2,1-2H3,(H,20,24)(H,21,23)/t15-,16-,17-/m0/s1. The van der Waals surface area contributed by atoms with Gasteiger partial charge in [-0.15, -0.1) is 0 Å². The molecule has 0 bridgehead atoms. The Morgan fingerprint density at radius 1 is 1.23 bits per heavy atom. The van der Waals surface area contributed by atoms with Crippen molar-refractivity contribution in [2.45, 2.75) is 57.4 Å². The fourth-order valence-corrected chi connectivity index (χ4v) is 2.98. The molecule has 0 aliphatic carbocycles. The zero-order valence-corrected chi connectivity index (χ0v) is 15.4. The average molecular weight is 364 g/mol. The van der Waals surface area contributed by atoms with E-state index in [1.165, 1.54) is 0 Å². The van der Waals surface area contributed by atoms with E-state index in [1.807, 2.05) is 24.3 Å². The SMILES string of the molecule is CCC(=O)N[C@H]1CC[C@@H](CC(=O)NCc2ccc(OC)cc2)O[C@H]1CO. The fourth-order valence-electron chi connectivity index (χ4n) is 2.98. The van der Waals surface area contributed by atoms with Crippen LogP contribution in [0.2, 0.25) is 0 Å². The maximum absolute atomic E-state index is 12.2. The molecule has 0 spiro atoms. The number of methoxy groups -OCH3 is 1. The summed E-state index contributed by atoms with van der Waals surface area (Å²) >= 11 is 0. The van der Waals surface area contributed by atoms with Gasteiger partial charge in [-0.2, -0.15) is 0 Å². The molecule has 144 valence electrons. The van der Waals surface area contributed by atoms with Crippen LogP contribution in [0, 0.1) is 0 Å². The number of aliphatic hydroxyl groups excluding tert-OH is 1. The molecular formula is C19H28N2O5. The number of amides is 2. The highest BCUT2D eigenvalue weighted by atomic mass is 16.5. The highest BCUT2D eigenvalue weighted by Gasteiger charge is 2.32. The van der Waals surface area contributed by atoms with Gasteiger partial charge in [0.1, 0.15) is 11.9 Å². The van der Waals surface area contributed by atoms with Gasteiger partial charge < -0.3 is 25.2 Å². The van der Waals surface area contributed by atoms with Crippen molar-refractivity contribution in [3.05, 3.63) is 29.8 Å². The van der Waals surface area contributed by atoms with Crippen LogP contribution in [0.15, 0.2) is 24.3 Å². The monoisotopic (exact) mass is 364 g/mol.